The summed E-state index contributed by atoms with van der Waals surface area (Å²) in [6.07, 6.45) is 10.0. The Morgan fingerprint density at radius 1 is 1.09 bits per heavy atom. The van der Waals surface area contributed by atoms with E-state index >= 15 is 0 Å². The van der Waals surface area contributed by atoms with Crippen LogP contribution in [0.15, 0.2) is 37.1 Å². The molecule has 0 spiro atoms. The maximum atomic E-state index is 10.4. The number of morpholine rings is 1. The monoisotopic (exact) mass is 438 g/mol. The van der Waals surface area contributed by atoms with Crippen LogP contribution in [-0.2, 0) is 11.8 Å². The van der Waals surface area contributed by atoms with Crippen LogP contribution in [0.2, 0.25) is 0 Å². The van der Waals surface area contributed by atoms with Gasteiger partial charge in [-0.3, -0.25) is 10.3 Å². The fourth-order valence-electron chi connectivity index (χ4n) is 4.53. The molecule has 3 heterocycles. The molecule has 2 aliphatic rings. The van der Waals surface area contributed by atoms with Gasteiger partial charge >= 0.3 is 0 Å². The number of nitrogens with one attached hydrogen (secondary N) is 1. The number of aryl methyl sites for hydroxylation is 1. The van der Waals surface area contributed by atoms with Gasteiger partial charge in [0.25, 0.3) is 0 Å². The molecular weight excluding hydrogens is 408 g/mol. The molecule has 9 nitrogen and oxygen atoms in total. The smallest absolute Gasteiger partial charge is 0.149 e. The number of anilines is 1. The van der Waals surface area contributed by atoms with E-state index in [4.69, 9.17) is 9.47 Å². The Bertz CT molecular complexity index is 1040. The summed E-state index contributed by atoms with van der Waals surface area (Å²) in [6.45, 7) is 3.19. The molecule has 1 aliphatic heterocycles. The van der Waals surface area contributed by atoms with Crippen LogP contribution in [0.4, 0.5) is 5.69 Å². The molecule has 1 atom stereocenters. The molecule has 3 aromatic rings. The van der Waals surface area contributed by atoms with Crippen molar-refractivity contribution in [2.75, 3.05) is 31.2 Å². The molecule has 1 unspecified atom stereocenters. The summed E-state index contributed by atoms with van der Waals surface area (Å²) in [4.78, 5) is 15.6. The van der Waals surface area contributed by atoms with Gasteiger partial charge in [0.15, 0.2) is 0 Å². The summed E-state index contributed by atoms with van der Waals surface area (Å²) in [5, 5.41) is 13.7. The molecule has 2 N–H and O–H groups in total. The highest BCUT2D eigenvalue weighted by Gasteiger charge is 2.26. The summed E-state index contributed by atoms with van der Waals surface area (Å²) in [7, 11) is 1.90. The Hall–Kier alpha value is -2.75. The van der Waals surface area contributed by atoms with Gasteiger partial charge in [-0.2, -0.15) is 0 Å². The minimum atomic E-state index is -0.747. The summed E-state index contributed by atoms with van der Waals surface area (Å²) in [6, 6.07) is 4.42. The zero-order valence-electron chi connectivity index (χ0n) is 18.4. The number of nitrogens with zero attached hydrogens (tertiary/aromatic N) is 5. The first-order valence-corrected chi connectivity index (χ1v) is 11.3. The third kappa shape index (κ3) is 4.69. The molecule has 1 aliphatic carbocycles. The van der Waals surface area contributed by atoms with Crippen LogP contribution in [-0.4, -0.2) is 63.1 Å². The first-order valence-electron chi connectivity index (χ1n) is 11.3. The van der Waals surface area contributed by atoms with Crippen molar-refractivity contribution in [3.05, 3.63) is 42.7 Å². The Balaban J connectivity index is 1.25. The highest BCUT2D eigenvalue weighted by atomic mass is 16.5. The summed E-state index contributed by atoms with van der Waals surface area (Å²) < 4.78 is 13.8. The first kappa shape index (κ1) is 21.1. The lowest BCUT2D eigenvalue weighted by Gasteiger charge is -2.32. The number of ether oxygens (including phenoxy) is 2. The van der Waals surface area contributed by atoms with Gasteiger partial charge in [-0.25, -0.2) is 9.97 Å². The van der Waals surface area contributed by atoms with E-state index in [1.54, 1.807) is 18.7 Å². The van der Waals surface area contributed by atoms with Gasteiger partial charge in [-0.1, -0.05) is 0 Å². The van der Waals surface area contributed by atoms with Gasteiger partial charge in [-0.15, -0.1) is 0 Å². The molecule has 2 fully saturated rings. The number of rotatable bonds is 6. The third-order valence-electron chi connectivity index (χ3n) is 6.27. The summed E-state index contributed by atoms with van der Waals surface area (Å²) in [5.74, 6) is 0.794. The van der Waals surface area contributed by atoms with Gasteiger partial charge in [0.1, 0.15) is 23.2 Å². The Morgan fingerprint density at radius 3 is 2.62 bits per heavy atom. The van der Waals surface area contributed by atoms with Gasteiger partial charge in [0.2, 0.25) is 0 Å². The van der Waals surface area contributed by atoms with Gasteiger partial charge in [0.05, 0.1) is 31.2 Å². The number of fused-ring (bicyclic) bond motifs is 1. The highest BCUT2D eigenvalue weighted by molar-refractivity contribution is 5.85. The fourth-order valence-corrected chi connectivity index (χ4v) is 4.53. The quantitative estimate of drug-likeness (QED) is 0.565. The lowest BCUT2D eigenvalue weighted by Crippen LogP contribution is -2.38. The van der Waals surface area contributed by atoms with Crippen LogP contribution in [0.3, 0.4) is 0 Å². The third-order valence-corrected chi connectivity index (χ3v) is 6.27. The molecular formula is C23H30N6O3. The summed E-state index contributed by atoms with van der Waals surface area (Å²) >= 11 is 0. The second-order valence-electron chi connectivity index (χ2n) is 8.59. The van der Waals surface area contributed by atoms with E-state index < -0.39 is 6.23 Å². The second-order valence-corrected chi connectivity index (χ2v) is 8.59. The molecule has 32 heavy (non-hydrogen) atoms. The van der Waals surface area contributed by atoms with E-state index in [1.807, 2.05) is 17.8 Å². The molecule has 0 amide bonds. The maximum absolute atomic E-state index is 10.4. The molecule has 1 aromatic carbocycles. The Labute approximate surface area is 187 Å². The minimum Gasteiger partial charge on any atom is -0.488 e. The van der Waals surface area contributed by atoms with Crippen molar-refractivity contribution in [3.8, 4) is 5.75 Å². The van der Waals surface area contributed by atoms with Crippen LogP contribution in [0.5, 0.6) is 5.75 Å². The molecule has 2 aromatic heterocycles. The van der Waals surface area contributed by atoms with Crippen molar-refractivity contribution in [2.45, 2.75) is 44.1 Å². The van der Waals surface area contributed by atoms with Crippen molar-refractivity contribution < 1.29 is 14.6 Å². The lowest BCUT2D eigenvalue weighted by atomic mass is 9.92. The summed E-state index contributed by atoms with van der Waals surface area (Å²) in [5.41, 5.74) is 3.40. The standard InChI is InChI=1S/C23H30N6O3/c1-28-14-20(26-15-28)23(30)27-16-2-4-18(5-3-16)32-21-13-17(29-8-10-31-11-9-29)12-19-22(21)25-7-6-24-19/h6-7,12-16,18,23,27,30H,2-5,8-11H2,1H3/t16-,18+,23?. The van der Waals surface area contributed by atoms with E-state index in [0.717, 1.165) is 74.5 Å². The Kier molecular flexibility index (Phi) is 6.20. The highest BCUT2D eigenvalue weighted by Crippen LogP contribution is 2.33. The zero-order valence-corrected chi connectivity index (χ0v) is 18.4. The topological polar surface area (TPSA) is 97.6 Å². The molecule has 170 valence electrons. The number of imidazole rings is 1. The van der Waals surface area contributed by atoms with Crippen LogP contribution < -0.4 is 15.0 Å². The van der Waals surface area contributed by atoms with Crippen molar-refractivity contribution >= 4 is 16.7 Å². The molecule has 0 radical (unpaired) electrons. The number of aliphatic hydroxyl groups excluding tert-OH is 1. The number of benzene rings is 1. The number of hydrogen-bond donors (Lipinski definition) is 2. The number of aliphatic hydroxyl groups is 1. The number of hydrogen-bond acceptors (Lipinski definition) is 8. The van der Waals surface area contributed by atoms with Crippen LogP contribution in [0.25, 0.3) is 11.0 Å². The largest absolute Gasteiger partial charge is 0.488 e. The predicted molar refractivity (Wildman–Crippen MR) is 121 cm³/mol. The van der Waals surface area contributed by atoms with Crippen molar-refractivity contribution in [2.24, 2.45) is 7.05 Å². The zero-order chi connectivity index (χ0) is 21.9. The Morgan fingerprint density at radius 2 is 1.88 bits per heavy atom. The average Bonchev–Trinajstić information content (AvgIpc) is 3.27. The van der Waals surface area contributed by atoms with Gasteiger partial charge in [-0.05, 0) is 31.7 Å². The molecule has 0 bridgehead atoms. The fraction of sp³-hybridized carbons (Fsp3) is 0.522. The van der Waals surface area contributed by atoms with Crippen molar-refractivity contribution in [3.63, 3.8) is 0 Å². The lowest BCUT2D eigenvalue weighted by molar-refractivity contribution is 0.0868. The van der Waals surface area contributed by atoms with E-state index in [2.05, 4.69) is 37.3 Å². The second kappa shape index (κ2) is 9.40. The van der Waals surface area contributed by atoms with Crippen LogP contribution in [0, 0.1) is 0 Å². The van der Waals surface area contributed by atoms with E-state index in [1.165, 1.54) is 0 Å². The normalized spacial score (nSPS) is 22.8. The molecule has 1 saturated heterocycles. The van der Waals surface area contributed by atoms with Crippen molar-refractivity contribution in [1.82, 2.24) is 24.8 Å². The van der Waals surface area contributed by atoms with Gasteiger partial charge < -0.3 is 24.0 Å². The molecule has 9 heteroatoms. The number of aromatic nitrogens is 4. The SMILES string of the molecule is Cn1cnc(C(O)N[C@H]2CC[C@@H](Oc3cc(N4CCOCC4)cc4nccnc34)CC2)c1. The van der Waals surface area contributed by atoms with Gasteiger partial charge in [0, 0.05) is 56.5 Å². The van der Waals surface area contributed by atoms with Crippen LogP contribution >= 0.6 is 0 Å². The molecule has 1 saturated carbocycles. The first-order chi connectivity index (χ1) is 15.7. The van der Waals surface area contributed by atoms with E-state index in [-0.39, 0.29) is 12.1 Å². The predicted octanol–water partition coefficient (Wildman–Crippen LogP) is 2.17. The average molecular weight is 439 g/mol. The minimum absolute atomic E-state index is 0.116. The van der Waals surface area contributed by atoms with Crippen LogP contribution in [0.1, 0.15) is 37.6 Å². The maximum Gasteiger partial charge on any atom is 0.149 e. The van der Waals surface area contributed by atoms with Crippen molar-refractivity contribution in [1.29, 1.82) is 0 Å². The molecule has 5 rings (SSSR count). The van der Waals surface area contributed by atoms with E-state index in [0.29, 0.717) is 5.69 Å². The van der Waals surface area contributed by atoms with E-state index in [9.17, 15) is 5.11 Å².